The predicted octanol–water partition coefficient (Wildman–Crippen LogP) is 3.17. The molecule has 0 aliphatic carbocycles. The van der Waals surface area contributed by atoms with E-state index in [0.29, 0.717) is 17.7 Å². The molecule has 0 heterocycles. The van der Waals surface area contributed by atoms with Crippen LogP contribution in [0.3, 0.4) is 0 Å². The fourth-order valence-corrected chi connectivity index (χ4v) is 2.11. The predicted molar refractivity (Wildman–Crippen MR) is 78.3 cm³/mol. The van der Waals surface area contributed by atoms with E-state index in [-0.39, 0.29) is 23.0 Å². The van der Waals surface area contributed by atoms with Gasteiger partial charge in [0.2, 0.25) is 0 Å². The van der Waals surface area contributed by atoms with Crippen molar-refractivity contribution >= 4 is 23.2 Å². The summed E-state index contributed by atoms with van der Waals surface area (Å²) < 4.78 is 26.0. The zero-order valence-electron chi connectivity index (χ0n) is 11.0. The summed E-state index contributed by atoms with van der Waals surface area (Å²) in [5.41, 5.74) is 6.66. The molecule has 2 aromatic carbocycles. The van der Waals surface area contributed by atoms with E-state index in [4.69, 9.17) is 17.3 Å². The maximum absolute atomic E-state index is 13.0. The number of anilines is 1. The van der Waals surface area contributed by atoms with Crippen LogP contribution in [0.4, 0.5) is 14.5 Å². The summed E-state index contributed by atoms with van der Waals surface area (Å²) >= 11 is 5.94. The van der Waals surface area contributed by atoms with Gasteiger partial charge in [-0.05, 0) is 36.2 Å². The number of hydrogen-bond acceptors (Lipinski definition) is 2. The summed E-state index contributed by atoms with van der Waals surface area (Å²) in [5.74, 6) is -1.67. The van der Waals surface area contributed by atoms with E-state index in [2.05, 4.69) is 5.32 Å². The Kier molecular flexibility index (Phi) is 4.75. The van der Waals surface area contributed by atoms with Gasteiger partial charge < -0.3 is 11.1 Å². The van der Waals surface area contributed by atoms with Crippen molar-refractivity contribution in [3.63, 3.8) is 0 Å². The van der Waals surface area contributed by atoms with Crippen LogP contribution in [0.25, 0.3) is 0 Å². The number of carbonyl (C=O) groups excluding carboxylic acids is 1. The van der Waals surface area contributed by atoms with Crippen LogP contribution in [0.5, 0.6) is 0 Å². The van der Waals surface area contributed by atoms with Gasteiger partial charge in [0.25, 0.3) is 5.91 Å². The van der Waals surface area contributed by atoms with Crippen molar-refractivity contribution in [1.82, 2.24) is 5.32 Å². The molecule has 1 amide bonds. The third-order valence-corrected chi connectivity index (χ3v) is 3.32. The van der Waals surface area contributed by atoms with Gasteiger partial charge in [-0.3, -0.25) is 4.79 Å². The number of amides is 1. The van der Waals surface area contributed by atoms with E-state index in [1.165, 1.54) is 12.1 Å². The number of halogens is 3. The summed E-state index contributed by atoms with van der Waals surface area (Å²) in [6.07, 6.45) is 0.306. The Hall–Kier alpha value is -2.14. The maximum atomic E-state index is 13.0. The molecule has 0 saturated heterocycles. The first kappa shape index (κ1) is 15.3. The Bertz CT molecular complexity index is 656. The van der Waals surface area contributed by atoms with Gasteiger partial charge in [0.15, 0.2) is 0 Å². The zero-order chi connectivity index (χ0) is 15.4. The van der Waals surface area contributed by atoms with Gasteiger partial charge in [-0.2, -0.15) is 0 Å². The van der Waals surface area contributed by atoms with Gasteiger partial charge in [-0.1, -0.05) is 17.7 Å². The van der Waals surface area contributed by atoms with E-state index in [1.807, 2.05) is 0 Å². The first-order valence-corrected chi connectivity index (χ1v) is 6.62. The first-order chi connectivity index (χ1) is 9.97. The zero-order valence-corrected chi connectivity index (χ0v) is 11.8. The lowest BCUT2D eigenvalue weighted by molar-refractivity contribution is 0.0954. The lowest BCUT2D eigenvalue weighted by Crippen LogP contribution is -2.26. The highest BCUT2D eigenvalue weighted by Gasteiger charge is 2.11. The molecular weight excluding hydrogens is 298 g/mol. The number of benzene rings is 2. The number of nitrogens with one attached hydrogen (secondary N) is 1. The van der Waals surface area contributed by atoms with Crippen molar-refractivity contribution in [3.8, 4) is 0 Å². The van der Waals surface area contributed by atoms with Crippen molar-refractivity contribution in [2.75, 3.05) is 12.3 Å². The second-order valence-corrected chi connectivity index (χ2v) is 4.87. The Morgan fingerprint density at radius 2 is 1.86 bits per heavy atom. The third-order valence-electron chi connectivity index (χ3n) is 2.89. The molecule has 0 spiro atoms. The van der Waals surface area contributed by atoms with Gasteiger partial charge in [-0.25, -0.2) is 8.78 Å². The Morgan fingerprint density at radius 3 is 2.52 bits per heavy atom. The molecule has 0 atom stereocenters. The van der Waals surface area contributed by atoms with Crippen LogP contribution in [-0.4, -0.2) is 12.5 Å². The van der Waals surface area contributed by atoms with Crippen LogP contribution in [-0.2, 0) is 6.42 Å². The average molecular weight is 311 g/mol. The van der Waals surface area contributed by atoms with Crippen molar-refractivity contribution in [2.45, 2.75) is 6.42 Å². The van der Waals surface area contributed by atoms with Gasteiger partial charge in [-0.15, -0.1) is 0 Å². The van der Waals surface area contributed by atoms with Gasteiger partial charge >= 0.3 is 0 Å². The molecule has 0 fully saturated rings. The summed E-state index contributed by atoms with van der Waals surface area (Å²) in [5, 5.41) is 2.82. The van der Waals surface area contributed by atoms with Crippen molar-refractivity contribution in [3.05, 3.63) is 64.2 Å². The first-order valence-electron chi connectivity index (χ1n) is 6.24. The van der Waals surface area contributed by atoms with Crippen LogP contribution >= 0.6 is 11.6 Å². The number of nitrogens with two attached hydrogens (primary N) is 1. The van der Waals surface area contributed by atoms with Gasteiger partial charge in [0.1, 0.15) is 11.6 Å². The molecule has 0 aliphatic rings. The number of rotatable bonds is 4. The third kappa shape index (κ3) is 3.92. The molecule has 110 valence electrons. The summed E-state index contributed by atoms with van der Waals surface area (Å²) in [4.78, 5) is 11.9. The van der Waals surface area contributed by atoms with Crippen LogP contribution in [0.15, 0.2) is 36.4 Å². The topological polar surface area (TPSA) is 55.1 Å². The molecule has 0 saturated carbocycles. The molecular formula is C15H13ClF2N2O. The molecule has 2 aromatic rings. The van der Waals surface area contributed by atoms with E-state index < -0.39 is 11.6 Å². The fourth-order valence-electron chi connectivity index (χ4n) is 1.90. The molecule has 3 N–H and O–H groups in total. The van der Waals surface area contributed by atoms with Gasteiger partial charge in [0, 0.05) is 12.6 Å². The van der Waals surface area contributed by atoms with Crippen LogP contribution in [0.1, 0.15) is 15.9 Å². The molecule has 0 bridgehead atoms. The van der Waals surface area contributed by atoms with Crippen LogP contribution in [0, 0.1) is 11.6 Å². The second kappa shape index (κ2) is 6.54. The normalized spacial score (nSPS) is 10.4. The Morgan fingerprint density at radius 1 is 1.19 bits per heavy atom. The Balaban J connectivity index is 1.97. The van der Waals surface area contributed by atoms with E-state index in [0.717, 1.165) is 6.07 Å². The van der Waals surface area contributed by atoms with Crippen molar-refractivity contribution < 1.29 is 13.6 Å². The lowest BCUT2D eigenvalue weighted by Gasteiger charge is -2.08. The van der Waals surface area contributed by atoms with Gasteiger partial charge in [0.05, 0.1) is 16.3 Å². The molecule has 6 heteroatoms. The number of carbonyl (C=O) groups is 1. The summed E-state index contributed by atoms with van der Waals surface area (Å²) in [7, 11) is 0. The largest absolute Gasteiger partial charge is 0.398 e. The molecule has 21 heavy (non-hydrogen) atoms. The van der Waals surface area contributed by atoms with Crippen LogP contribution in [0.2, 0.25) is 5.02 Å². The highest BCUT2D eigenvalue weighted by molar-refractivity contribution is 6.36. The molecule has 0 unspecified atom stereocenters. The standard InChI is InChI=1S/C15H13ClF2N2O/c16-14-12(2-1-3-13(14)19)15(21)20-5-4-9-6-10(17)8-11(18)7-9/h1-3,6-8H,4-5,19H2,(H,20,21). The molecule has 2 rings (SSSR count). The van der Waals surface area contributed by atoms with E-state index in [1.54, 1.807) is 18.2 Å². The number of hydrogen-bond donors (Lipinski definition) is 2. The molecule has 0 radical (unpaired) electrons. The van der Waals surface area contributed by atoms with Crippen molar-refractivity contribution in [1.29, 1.82) is 0 Å². The second-order valence-electron chi connectivity index (χ2n) is 4.49. The fraction of sp³-hybridized carbons (Fsp3) is 0.133. The van der Waals surface area contributed by atoms with E-state index >= 15 is 0 Å². The average Bonchev–Trinajstić information content (AvgIpc) is 2.40. The number of nitrogen functional groups attached to an aromatic ring is 1. The quantitative estimate of drug-likeness (QED) is 0.852. The highest BCUT2D eigenvalue weighted by atomic mass is 35.5. The molecule has 0 aromatic heterocycles. The summed E-state index contributed by atoms with van der Waals surface area (Å²) in [6, 6.07) is 8.02. The minimum atomic E-state index is -0.643. The highest BCUT2D eigenvalue weighted by Crippen LogP contribution is 2.22. The minimum Gasteiger partial charge on any atom is -0.398 e. The minimum absolute atomic E-state index is 0.187. The van der Waals surface area contributed by atoms with Crippen molar-refractivity contribution in [2.24, 2.45) is 0 Å². The molecule has 3 nitrogen and oxygen atoms in total. The smallest absolute Gasteiger partial charge is 0.252 e. The SMILES string of the molecule is Nc1cccc(C(=O)NCCc2cc(F)cc(F)c2)c1Cl. The maximum Gasteiger partial charge on any atom is 0.252 e. The van der Waals surface area contributed by atoms with Crippen LogP contribution < -0.4 is 11.1 Å². The lowest BCUT2D eigenvalue weighted by atomic mass is 10.1. The van der Waals surface area contributed by atoms with E-state index in [9.17, 15) is 13.6 Å². The monoisotopic (exact) mass is 310 g/mol. The Labute approximate surface area is 125 Å². The summed E-state index contributed by atoms with van der Waals surface area (Å²) in [6.45, 7) is 0.229. The molecule has 0 aliphatic heterocycles.